The molecule has 1 unspecified atom stereocenters. The molecule has 0 bridgehead atoms. The molecule has 0 heterocycles. The van der Waals surface area contributed by atoms with Gasteiger partial charge in [0.15, 0.2) is 0 Å². The number of carbonyl (C=O) groups is 1. The minimum Gasteiger partial charge on any atom is -0.465 e. The third-order valence-corrected chi connectivity index (χ3v) is 3.52. The fraction of sp³-hybridized carbons (Fsp3) is 0.909. The van der Waals surface area contributed by atoms with Crippen LogP contribution in [-0.4, -0.2) is 36.7 Å². The van der Waals surface area contributed by atoms with Gasteiger partial charge in [-0.1, -0.05) is 6.92 Å². The fourth-order valence-electron chi connectivity index (χ4n) is 1.99. The molecule has 0 saturated heterocycles. The minimum absolute atomic E-state index is 0.0660. The molecule has 1 rings (SSSR count). The van der Waals surface area contributed by atoms with Crippen LogP contribution in [0.25, 0.3) is 0 Å². The Hall–Kier alpha value is -0.220. The Balaban J connectivity index is 2.74. The van der Waals surface area contributed by atoms with Gasteiger partial charge in [-0.25, -0.2) is 0 Å². The molecule has 0 aromatic rings. The Bertz CT molecular complexity index is 211. The van der Waals surface area contributed by atoms with Crippen molar-refractivity contribution in [2.45, 2.75) is 32.2 Å². The number of hydrogen-bond acceptors (Lipinski definition) is 4. The highest BCUT2D eigenvalue weighted by molar-refractivity contribution is 7.98. The summed E-state index contributed by atoms with van der Waals surface area (Å²) in [6.45, 7) is 5.18. The van der Waals surface area contributed by atoms with Crippen LogP contribution in [0.5, 0.6) is 0 Å². The largest absolute Gasteiger partial charge is 0.465 e. The van der Waals surface area contributed by atoms with Crippen LogP contribution in [0.4, 0.5) is 0 Å². The normalized spacial score (nSPS) is 19.7. The van der Waals surface area contributed by atoms with E-state index in [1.807, 2.05) is 20.1 Å². The van der Waals surface area contributed by atoms with Gasteiger partial charge in [-0.3, -0.25) is 4.79 Å². The first-order valence-electron chi connectivity index (χ1n) is 5.62. The molecule has 0 aliphatic heterocycles. The molecule has 1 atom stereocenters. The molecule has 0 aromatic heterocycles. The van der Waals surface area contributed by atoms with Crippen LogP contribution in [0.2, 0.25) is 0 Å². The number of thioether (sulfide) groups is 1. The van der Waals surface area contributed by atoms with Crippen LogP contribution in [0, 0.1) is 5.92 Å². The van der Waals surface area contributed by atoms with Crippen molar-refractivity contribution in [2.24, 2.45) is 5.92 Å². The monoisotopic (exact) mass is 231 g/mol. The van der Waals surface area contributed by atoms with Crippen molar-refractivity contribution in [3.05, 3.63) is 0 Å². The molecule has 0 radical (unpaired) electrons. The van der Waals surface area contributed by atoms with Gasteiger partial charge in [-0.15, -0.1) is 0 Å². The second kappa shape index (κ2) is 5.75. The highest BCUT2D eigenvalue weighted by atomic mass is 32.2. The standard InChI is InChI=1S/C11H21NO2S/c1-4-12-11(8-15-3,9-6-7-9)10(13)14-5-2/h9,12H,4-8H2,1-3H3. The van der Waals surface area contributed by atoms with Gasteiger partial charge in [0.05, 0.1) is 6.61 Å². The van der Waals surface area contributed by atoms with Crippen molar-refractivity contribution >= 4 is 17.7 Å². The second-order valence-corrected chi connectivity index (χ2v) is 4.80. The Morgan fingerprint density at radius 2 is 2.20 bits per heavy atom. The molecule has 1 aliphatic rings. The van der Waals surface area contributed by atoms with E-state index in [2.05, 4.69) is 5.32 Å². The van der Waals surface area contributed by atoms with Crippen molar-refractivity contribution in [2.75, 3.05) is 25.2 Å². The number of ether oxygens (including phenoxy) is 1. The van der Waals surface area contributed by atoms with Crippen molar-refractivity contribution in [3.8, 4) is 0 Å². The van der Waals surface area contributed by atoms with E-state index in [0.29, 0.717) is 12.5 Å². The van der Waals surface area contributed by atoms with E-state index in [9.17, 15) is 4.79 Å². The maximum Gasteiger partial charge on any atom is 0.327 e. The molecule has 0 aromatic carbocycles. The summed E-state index contributed by atoms with van der Waals surface area (Å²) in [4.78, 5) is 12.0. The summed E-state index contributed by atoms with van der Waals surface area (Å²) < 4.78 is 5.20. The minimum atomic E-state index is -0.426. The van der Waals surface area contributed by atoms with Gasteiger partial charge in [0, 0.05) is 5.75 Å². The van der Waals surface area contributed by atoms with Crippen LogP contribution >= 0.6 is 11.8 Å². The molecule has 3 nitrogen and oxygen atoms in total. The first-order chi connectivity index (χ1) is 7.21. The van der Waals surface area contributed by atoms with Gasteiger partial charge < -0.3 is 10.1 Å². The third-order valence-electron chi connectivity index (χ3n) is 2.78. The van der Waals surface area contributed by atoms with Crippen LogP contribution < -0.4 is 5.32 Å². The number of esters is 1. The zero-order valence-corrected chi connectivity index (χ0v) is 10.7. The van der Waals surface area contributed by atoms with Crippen LogP contribution in [0.1, 0.15) is 26.7 Å². The van der Waals surface area contributed by atoms with Gasteiger partial charge in [0.1, 0.15) is 5.54 Å². The first-order valence-corrected chi connectivity index (χ1v) is 7.01. The second-order valence-electron chi connectivity index (χ2n) is 3.93. The lowest BCUT2D eigenvalue weighted by Gasteiger charge is -2.31. The summed E-state index contributed by atoms with van der Waals surface area (Å²) in [5, 5.41) is 3.35. The molecule has 4 heteroatoms. The summed E-state index contributed by atoms with van der Waals surface area (Å²) in [6, 6.07) is 0. The maximum atomic E-state index is 12.0. The predicted molar refractivity (Wildman–Crippen MR) is 64.1 cm³/mol. The lowest BCUT2D eigenvalue weighted by atomic mass is 9.95. The molecule has 15 heavy (non-hydrogen) atoms. The van der Waals surface area contributed by atoms with Crippen molar-refractivity contribution in [1.29, 1.82) is 0 Å². The number of rotatable bonds is 7. The Kier molecular flexibility index (Phi) is 4.93. The average Bonchev–Trinajstić information content (AvgIpc) is 3.01. The van der Waals surface area contributed by atoms with E-state index in [-0.39, 0.29) is 5.97 Å². The lowest BCUT2D eigenvalue weighted by Crippen LogP contribution is -2.57. The quantitative estimate of drug-likeness (QED) is 0.676. The molecular weight excluding hydrogens is 210 g/mol. The van der Waals surface area contributed by atoms with Crippen LogP contribution in [0.3, 0.4) is 0 Å². The number of nitrogens with one attached hydrogen (secondary N) is 1. The SMILES string of the molecule is CCNC(CSC)(C(=O)OCC)C1CC1. The van der Waals surface area contributed by atoms with E-state index in [4.69, 9.17) is 4.74 Å². The molecule has 1 saturated carbocycles. The molecule has 0 amide bonds. The topological polar surface area (TPSA) is 38.3 Å². The number of likely N-dealkylation sites (N-methyl/N-ethyl adjacent to an activating group) is 1. The zero-order chi connectivity index (χ0) is 11.3. The molecule has 1 aliphatic carbocycles. The van der Waals surface area contributed by atoms with Crippen molar-refractivity contribution < 1.29 is 9.53 Å². The molecule has 0 spiro atoms. The van der Waals surface area contributed by atoms with Gasteiger partial charge in [0.2, 0.25) is 0 Å². The van der Waals surface area contributed by atoms with E-state index < -0.39 is 5.54 Å². The van der Waals surface area contributed by atoms with Crippen LogP contribution in [0.15, 0.2) is 0 Å². The first kappa shape index (κ1) is 12.8. The zero-order valence-electron chi connectivity index (χ0n) is 9.84. The van der Waals surface area contributed by atoms with E-state index in [1.165, 1.54) is 0 Å². The Morgan fingerprint density at radius 1 is 1.53 bits per heavy atom. The summed E-state index contributed by atoms with van der Waals surface area (Å²) >= 11 is 1.71. The Morgan fingerprint density at radius 3 is 2.60 bits per heavy atom. The fourth-order valence-corrected chi connectivity index (χ4v) is 2.90. The van der Waals surface area contributed by atoms with Gasteiger partial charge in [-0.2, -0.15) is 11.8 Å². The smallest absolute Gasteiger partial charge is 0.327 e. The molecule has 88 valence electrons. The molecule has 1 fully saturated rings. The van der Waals surface area contributed by atoms with Gasteiger partial charge >= 0.3 is 5.97 Å². The average molecular weight is 231 g/mol. The summed E-state index contributed by atoms with van der Waals surface area (Å²) in [5.74, 6) is 1.22. The highest BCUT2D eigenvalue weighted by Gasteiger charge is 2.51. The third kappa shape index (κ3) is 2.88. The maximum absolute atomic E-state index is 12.0. The lowest BCUT2D eigenvalue weighted by molar-refractivity contribution is -0.151. The molecular formula is C11H21NO2S. The number of carbonyl (C=O) groups excluding carboxylic acids is 1. The summed E-state index contributed by atoms with van der Waals surface area (Å²) in [6.07, 6.45) is 4.33. The number of hydrogen-bond donors (Lipinski definition) is 1. The van der Waals surface area contributed by atoms with Crippen molar-refractivity contribution in [3.63, 3.8) is 0 Å². The van der Waals surface area contributed by atoms with Crippen LogP contribution in [-0.2, 0) is 9.53 Å². The van der Waals surface area contributed by atoms with Gasteiger partial charge in [0.25, 0.3) is 0 Å². The highest BCUT2D eigenvalue weighted by Crippen LogP contribution is 2.41. The summed E-state index contributed by atoms with van der Waals surface area (Å²) in [5.41, 5.74) is -0.426. The molecule has 1 N–H and O–H groups in total. The Labute approximate surface area is 96.3 Å². The van der Waals surface area contributed by atoms with E-state index in [1.54, 1.807) is 11.8 Å². The van der Waals surface area contributed by atoms with Crippen molar-refractivity contribution in [1.82, 2.24) is 5.32 Å². The van der Waals surface area contributed by atoms with Gasteiger partial charge in [-0.05, 0) is 38.5 Å². The van der Waals surface area contributed by atoms with E-state index >= 15 is 0 Å². The van der Waals surface area contributed by atoms with E-state index in [0.717, 1.165) is 25.1 Å². The predicted octanol–water partition coefficient (Wildman–Crippen LogP) is 1.67. The summed E-state index contributed by atoms with van der Waals surface area (Å²) in [7, 11) is 0.